The molecule has 5 nitrogen and oxygen atoms in total. The Balaban J connectivity index is 1.80. The van der Waals surface area contributed by atoms with E-state index in [1.54, 1.807) is 36.5 Å². The highest BCUT2D eigenvalue weighted by Crippen LogP contribution is 2.31. The summed E-state index contributed by atoms with van der Waals surface area (Å²) < 4.78 is 26.3. The highest BCUT2D eigenvalue weighted by molar-refractivity contribution is 7.91. The minimum atomic E-state index is -3.59. The third kappa shape index (κ3) is 2.82. The van der Waals surface area contributed by atoms with Crippen molar-refractivity contribution < 1.29 is 8.42 Å². The van der Waals surface area contributed by atoms with E-state index < -0.39 is 9.84 Å². The summed E-state index contributed by atoms with van der Waals surface area (Å²) in [7, 11) is -3.59. The highest BCUT2D eigenvalue weighted by Gasteiger charge is 2.21. The summed E-state index contributed by atoms with van der Waals surface area (Å²) in [6.07, 6.45) is 2.50. The lowest BCUT2D eigenvalue weighted by molar-refractivity contribution is 0.596. The number of nitrogens with zero attached hydrogens (tertiary/aromatic N) is 1. The highest BCUT2D eigenvalue weighted by atomic mass is 32.2. The van der Waals surface area contributed by atoms with E-state index in [-0.39, 0.29) is 4.90 Å². The van der Waals surface area contributed by atoms with Crippen molar-refractivity contribution in [3.05, 3.63) is 65.9 Å². The molecule has 1 aliphatic heterocycles. The van der Waals surface area contributed by atoms with Gasteiger partial charge in [-0.1, -0.05) is 6.07 Å². The molecule has 0 amide bonds. The molecule has 0 spiro atoms. The molecular weight excluding hydrogens is 346 g/mol. The molecule has 0 aliphatic carbocycles. The molecule has 0 unspecified atom stereocenters. The summed E-state index contributed by atoms with van der Waals surface area (Å²) in [6.45, 7) is 2.79. The molecule has 2 aromatic carbocycles. The van der Waals surface area contributed by atoms with Crippen LogP contribution in [0.5, 0.6) is 0 Å². The van der Waals surface area contributed by atoms with Gasteiger partial charge in [0.05, 0.1) is 9.79 Å². The van der Waals surface area contributed by atoms with Crippen LogP contribution in [0.2, 0.25) is 0 Å². The van der Waals surface area contributed by atoms with Gasteiger partial charge in [0.25, 0.3) is 0 Å². The Morgan fingerprint density at radius 3 is 2.58 bits per heavy atom. The van der Waals surface area contributed by atoms with E-state index in [2.05, 4.69) is 10.3 Å². The Morgan fingerprint density at radius 1 is 1.04 bits per heavy atom. The lowest BCUT2D eigenvalue weighted by Crippen LogP contribution is -2.03. The number of rotatable bonds is 3. The molecule has 0 radical (unpaired) electrons. The van der Waals surface area contributed by atoms with Crippen LogP contribution in [0.15, 0.2) is 64.5 Å². The average Bonchev–Trinajstić information content (AvgIpc) is 3.10. The molecule has 1 aromatic heterocycles. The van der Waals surface area contributed by atoms with Crippen LogP contribution in [-0.4, -0.2) is 19.9 Å². The van der Waals surface area contributed by atoms with Gasteiger partial charge in [-0.25, -0.2) is 13.4 Å². The monoisotopic (exact) mass is 365 g/mol. The van der Waals surface area contributed by atoms with E-state index in [1.165, 1.54) is 0 Å². The van der Waals surface area contributed by atoms with Crippen molar-refractivity contribution in [1.82, 2.24) is 4.98 Å². The number of hydrogen-bond acceptors (Lipinski definition) is 5. The fraction of sp³-hybridized carbons (Fsp3) is 0.150. The Bertz CT molecular complexity index is 1090. The number of sulfone groups is 1. The molecular formula is C20H19N3O2S. The number of aryl methyl sites for hydroxylation is 1. The van der Waals surface area contributed by atoms with Gasteiger partial charge in [0.2, 0.25) is 9.84 Å². The number of benzene rings is 2. The molecule has 132 valence electrons. The molecule has 0 saturated heterocycles. The van der Waals surface area contributed by atoms with Crippen LogP contribution in [0.25, 0.3) is 11.1 Å². The Kier molecular flexibility index (Phi) is 3.92. The van der Waals surface area contributed by atoms with Crippen LogP contribution in [0, 0.1) is 6.92 Å². The van der Waals surface area contributed by atoms with E-state index in [9.17, 15) is 8.42 Å². The standard InChI is InChI=1S/C20H19N3O2S/c1-13-2-4-17(11-18(13)15-3-7-20(21)23-12-15)26(24,25)16-5-6-19-14(10-16)8-9-22-19/h2-7,10-12,22H,8-9H2,1H3,(H2,21,23). The van der Waals surface area contributed by atoms with Crippen molar-refractivity contribution in [2.45, 2.75) is 23.1 Å². The average molecular weight is 365 g/mol. The zero-order chi connectivity index (χ0) is 18.3. The zero-order valence-electron chi connectivity index (χ0n) is 14.4. The van der Waals surface area contributed by atoms with Crippen molar-refractivity contribution in [3.8, 4) is 11.1 Å². The minimum absolute atomic E-state index is 0.279. The third-order valence-corrected chi connectivity index (χ3v) is 6.46. The second-order valence-corrected chi connectivity index (χ2v) is 8.40. The maximum absolute atomic E-state index is 13.1. The van der Waals surface area contributed by atoms with E-state index in [0.717, 1.165) is 40.9 Å². The van der Waals surface area contributed by atoms with Gasteiger partial charge < -0.3 is 11.1 Å². The molecule has 3 aromatic rings. The number of aromatic nitrogens is 1. The summed E-state index contributed by atoms with van der Waals surface area (Å²) in [5.41, 5.74) is 10.4. The fourth-order valence-electron chi connectivity index (χ4n) is 3.23. The number of nitrogens with one attached hydrogen (secondary N) is 1. The number of hydrogen-bond donors (Lipinski definition) is 2. The van der Waals surface area contributed by atoms with E-state index in [4.69, 9.17) is 5.73 Å². The zero-order valence-corrected chi connectivity index (χ0v) is 15.2. The molecule has 2 heterocycles. The summed E-state index contributed by atoms with van der Waals surface area (Å²) in [5.74, 6) is 0.432. The Labute approximate surface area is 152 Å². The SMILES string of the molecule is Cc1ccc(S(=O)(=O)c2ccc3c(c2)CCN3)cc1-c1ccc(N)nc1. The second-order valence-electron chi connectivity index (χ2n) is 6.45. The number of anilines is 2. The van der Waals surface area contributed by atoms with Gasteiger partial charge >= 0.3 is 0 Å². The van der Waals surface area contributed by atoms with Crippen molar-refractivity contribution in [2.75, 3.05) is 17.6 Å². The number of fused-ring (bicyclic) bond motifs is 1. The van der Waals surface area contributed by atoms with Gasteiger partial charge in [-0.2, -0.15) is 0 Å². The van der Waals surface area contributed by atoms with Gasteiger partial charge in [0.15, 0.2) is 0 Å². The minimum Gasteiger partial charge on any atom is -0.384 e. The Morgan fingerprint density at radius 2 is 1.81 bits per heavy atom. The van der Waals surface area contributed by atoms with Crippen molar-refractivity contribution in [2.24, 2.45) is 0 Å². The normalized spacial score (nSPS) is 13.3. The fourth-order valence-corrected chi connectivity index (χ4v) is 4.57. The van der Waals surface area contributed by atoms with Crippen LogP contribution in [0.1, 0.15) is 11.1 Å². The number of pyridine rings is 1. The summed E-state index contributed by atoms with van der Waals surface area (Å²) in [4.78, 5) is 4.71. The van der Waals surface area contributed by atoms with Crippen molar-refractivity contribution in [3.63, 3.8) is 0 Å². The van der Waals surface area contributed by atoms with Crippen molar-refractivity contribution in [1.29, 1.82) is 0 Å². The van der Waals surface area contributed by atoms with Gasteiger partial charge in [0.1, 0.15) is 5.82 Å². The lowest BCUT2D eigenvalue weighted by Gasteiger charge is -2.11. The first-order valence-electron chi connectivity index (χ1n) is 8.39. The second kappa shape index (κ2) is 6.14. The quantitative estimate of drug-likeness (QED) is 0.743. The predicted molar refractivity (Wildman–Crippen MR) is 103 cm³/mol. The van der Waals surface area contributed by atoms with Gasteiger partial charge in [-0.3, -0.25) is 0 Å². The largest absolute Gasteiger partial charge is 0.384 e. The lowest BCUT2D eigenvalue weighted by atomic mass is 10.0. The maximum Gasteiger partial charge on any atom is 0.206 e. The first-order valence-corrected chi connectivity index (χ1v) is 9.88. The molecule has 1 aliphatic rings. The number of nitrogens with two attached hydrogens (primary N) is 1. The molecule has 26 heavy (non-hydrogen) atoms. The molecule has 0 bridgehead atoms. The summed E-state index contributed by atoms with van der Waals surface area (Å²) in [5, 5.41) is 3.25. The van der Waals surface area contributed by atoms with Gasteiger partial charge in [-0.15, -0.1) is 0 Å². The molecule has 6 heteroatoms. The molecule has 0 atom stereocenters. The summed E-state index contributed by atoms with van der Waals surface area (Å²) >= 11 is 0. The molecule has 3 N–H and O–H groups in total. The van der Waals surface area contributed by atoms with Gasteiger partial charge in [0, 0.05) is 24.0 Å². The van der Waals surface area contributed by atoms with Crippen LogP contribution < -0.4 is 11.1 Å². The maximum atomic E-state index is 13.1. The molecule has 0 fully saturated rings. The molecule has 4 rings (SSSR count). The summed E-state index contributed by atoms with van der Waals surface area (Å²) in [6, 6.07) is 14.0. The van der Waals surface area contributed by atoms with Crippen LogP contribution in [0.4, 0.5) is 11.5 Å². The molecule has 0 saturated carbocycles. The Hall–Kier alpha value is -2.86. The first kappa shape index (κ1) is 16.6. The topological polar surface area (TPSA) is 85.1 Å². The first-order chi connectivity index (χ1) is 12.4. The van der Waals surface area contributed by atoms with Gasteiger partial charge in [-0.05, 0) is 72.5 Å². The number of nitrogen functional groups attached to an aromatic ring is 1. The van der Waals surface area contributed by atoms with E-state index in [0.29, 0.717) is 10.7 Å². The van der Waals surface area contributed by atoms with E-state index in [1.807, 2.05) is 25.1 Å². The smallest absolute Gasteiger partial charge is 0.206 e. The van der Waals surface area contributed by atoms with Crippen LogP contribution in [0.3, 0.4) is 0 Å². The van der Waals surface area contributed by atoms with E-state index >= 15 is 0 Å². The predicted octanol–water partition coefficient (Wildman–Crippen LogP) is 3.44. The van der Waals surface area contributed by atoms with Crippen LogP contribution >= 0.6 is 0 Å². The third-order valence-electron chi connectivity index (χ3n) is 4.71. The van der Waals surface area contributed by atoms with Crippen molar-refractivity contribution >= 4 is 21.3 Å². The van der Waals surface area contributed by atoms with Crippen LogP contribution in [-0.2, 0) is 16.3 Å².